The average molecular weight is 510 g/mol. The highest BCUT2D eigenvalue weighted by atomic mass is 35.5. The summed E-state index contributed by atoms with van der Waals surface area (Å²) in [5.41, 5.74) is 19.4. The molecule has 2 aromatic carbocycles. The molecule has 0 bridgehead atoms. The van der Waals surface area contributed by atoms with Gasteiger partial charge in [-0.2, -0.15) is 0 Å². The Labute approximate surface area is 203 Å². The predicted octanol–water partition coefficient (Wildman–Crippen LogP) is -0.242. The third kappa shape index (κ3) is 8.98. The molecule has 0 aliphatic rings. The summed E-state index contributed by atoms with van der Waals surface area (Å²) in [6, 6.07) is 12.5. The molecule has 13 heteroatoms. The smallest absolute Gasteiger partial charge is 0.253 e. The standard InChI is InChI=1S/C21H28ClN7O4S/c22-15-8-10-16(11-9-15)34(32,33)29-28-17(7-4-12-26-21(24)25)20(31)27-18(19(23)30)13-14-5-2-1-3-6-14/h1-3,5-6,8-11,17-18,28-29H,4,7,12-13H2,(H2,23,30)(H,27,31)(H4,24,25,26)/t17-,18-/m0/s1. The first-order valence-corrected chi connectivity index (χ1v) is 12.2. The number of amides is 2. The van der Waals surface area contributed by atoms with Crippen molar-refractivity contribution in [2.24, 2.45) is 22.2 Å². The summed E-state index contributed by atoms with van der Waals surface area (Å²) in [6.45, 7) is 0.223. The number of benzene rings is 2. The number of guanidine groups is 1. The van der Waals surface area contributed by atoms with Gasteiger partial charge in [0.2, 0.25) is 11.8 Å². The fraction of sp³-hybridized carbons (Fsp3) is 0.286. The molecule has 11 nitrogen and oxygen atoms in total. The van der Waals surface area contributed by atoms with E-state index >= 15 is 0 Å². The van der Waals surface area contributed by atoms with Crippen LogP contribution in [0.3, 0.4) is 0 Å². The minimum absolute atomic E-state index is 0.0526. The molecule has 0 radical (unpaired) electrons. The lowest BCUT2D eigenvalue weighted by Gasteiger charge is -2.22. The number of halogens is 1. The van der Waals surface area contributed by atoms with E-state index in [4.69, 9.17) is 28.8 Å². The van der Waals surface area contributed by atoms with E-state index in [0.29, 0.717) is 11.4 Å². The van der Waals surface area contributed by atoms with Crippen molar-refractivity contribution in [3.05, 3.63) is 65.2 Å². The maximum atomic E-state index is 13.0. The van der Waals surface area contributed by atoms with Crippen molar-refractivity contribution in [3.63, 3.8) is 0 Å². The minimum Gasteiger partial charge on any atom is -0.370 e. The molecule has 0 fully saturated rings. The number of hydrogen-bond donors (Lipinski definition) is 6. The lowest BCUT2D eigenvalue weighted by atomic mass is 10.0. The number of nitrogens with two attached hydrogens (primary N) is 3. The van der Waals surface area contributed by atoms with E-state index in [-0.39, 0.29) is 30.2 Å². The molecule has 2 atom stereocenters. The molecular formula is C21H28ClN7O4S. The fourth-order valence-electron chi connectivity index (χ4n) is 2.94. The summed E-state index contributed by atoms with van der Waals surface area (Å²) in [6.07, 6.45) is 0.688. The van der Waals surface area contributed by atoms with Crippen molar-refractivity contribution in [3.8, 4) is 0 Å². The maximum Gasteiger partial charge on any atom is 0.253 e. The summed E-state index contributed by atoms with van der Waals surface area (Å²) >= 11 is 5.81. The zero-order valence-electron chi connectivity index (χ0n) is 18.3. The van der Waals surface area contributed by atoms with E-state index in [2.05, 4.69) is 20.6 Å². The second-order valence-corrected chi connectivity index (χ2v) is 9.48. The Morgan fingerprint density at radius 2 is 1.62 bits per heavy atom. The van der Waals surface area contributed by atoms with Crippen LogP contribution in [0.1, 0.15) is 18.4 Å². The molecule has 34 heavy (non-hydrogen) atoms. The summed E-state index contributed by atoms with van der Waals surface area (Å²) in [5, 5.41) is 2.96. The van der Waals surface area contributed by atoms with Gasteiger partial charge < -0.3 is 22.5 Å². The van der Waals surface area contributed by atoms with Crippen LogP contribution in [0.5, 0.6) is 0 Å². The fourth-order valence-corrected chi connectivity index (χ4v) is 3.97. The first-order valence-electron chi connectivity index (χ1n) is 10.3. The molecule has 2 aromatic rings. The first kappa shape index (κ1) is 27.1. The molecule has 2 amide bonds. The van der Waals surface area contributed by atoms with Gasteiger partial charge in [-0.3, -0.25) is 14.6 Å². The highest BCUT2D eigenvalue weighted by Gasteiger charge is 2.26. The quantitative estimate of drug-likeness (QED) is 0.0926. The number of primary amides is 1. The van der Waals surface area contributed by atoms with Gasteiger partial charge in [0, 0.05) is 18.0 Å². The molecule has 0 aliphatic carbocycles. The zero-order chi connectivity index (χ0) is 25.1. The summed E-state index contributed by atoms with van der Waals surface area (Å²) < 4.78 is 25.2. The summed E-state index contributed by atoms with van der Waals surface area (Å²) in [7, 11) is -4.00. The van der Waals surface area contributed by atoms with Gasteiger partial charge in [0.05, 0.1) is 4.90 Å². The molecule has 2 rings (SSSR count). The Morgan fingerprint density at radius 1 is 0.971 bits per heavy atom. The molecule has 184 valence electrons. The van der Waals surface area contributed by atoms with E-state index in [1.165, 1.54) is 24.3 Å². The van der Waals surface area contributed by atoms with Gasteiger partial charge >= 0.3 is 0 Å². The van der Waals surface area contributed by atoms with Crippen molar-refractivity contribution in [2.45, 2.75) is 36.2 Å². The Hall–Kier alpha value is -3.19. The normalized spacial score (nSPS) is 13.0. The van der Waals surface area contributed by atoms with E-state index in [1.54, 1.807) is 24.3 Å². The average Bonchev–Trinajstić information content (AvgIpc) is 2.78. The van der Waals surface area contributed by atoms with E-state index in [9.17, 15) is 18.0 Å². The molecule has 0 aliphatic heterocycles. The lowest BCUT2D eigenvalue weighted by molar-refractivity contribution is -0.128. The van der Waals surface area contributed by atoms with Crippen LogP contribution in [-0.2, 0) is 26.0 Å². The largest absolute Gasteiger partial charge is 0.370 e. The van der Waals surface area contributed by atoms with Crippen molar-refractivity contribution in [1.29, 1.82) is 0 Å². The van der Waals surface area contributed by atoms with Gasteiger partial charge in [0.1, 0.15) is 12.1 Å². The van der Waals surface area contributed by atoms with Gasteiger partial charge in [-0.25, -0.2) is 13.8 Å². The van der Waals surface area contributed by atoms with Gasteiger partial charge in [-0.15, -0.1) is 4.83 Å². The predicted molar refractivity (Wildman–Crippen MR) is 130 cm³/mol. The van der Waals surface area contributed by atoms with E-state index in [1.807, 2.05) is 6.07 Å². The Kier molecular flexibility index (Phi) is 10.3. The van der Waals surface area contributed by atoms with Crippen molar-refractivity contribution >= 4 is 39.4 Å². The number of nitrogens with one attached hydrogen (secondary N) is 3. The molecule has 0 aromatic heterocycles. The van der Waals surface area contributed by atoms with E-state index < -0.39 is 33.9 Å². The number of hydrogen-bond acceptors (Lipinski definition) is 6. The maximum absolute atomic E-state index is 13.0. The summed E-state index contributed by atoms with van der Waals surface area (Å²) in [5.74, 6) is -1.45. The number of rotatable bonds is 13. The number of carbonyl (C=O) groups excluding carboxylic acids is 2. The van der Waals surface area contributed by atoms with Crippen LogP contribution in [0.15, 0.2) is 64.5 Å². The van der Waals surface area contributed by atoms with Crippen LogP contribution < -0.4 is 32.8 Å². The second kappa shape index (κ2) is 12.9. The van der Waals surface area contributed by atoms with Gasteiger partial charge in [-0.1, -0.05) is 41.9 Å². The minimum atomic E-state index is -4.00. The van der Waals surface area contributed by atoms with Crippen LogP contribution in [0.25, 0.3) is 0 Å². The van der Waals surface area contributed by atoms with Crippen molar-refractivity contribution < 1.29 is 18.0 Å². The highest BCUT2D eigenvalue weighted by Crippen LogP contribution is 2.13. The highest BCUT2D eigenvalue weighted by molar-refractivity contribution is 7.89. The zero-order valence-corrected chi connectivity index (χ0v) is 19.9. The van der Waals surface area contributed by atoms with Crippen LogP contribution in [-0.4, -0.2) is 44.8 Å². The van der Waals surface area contributed by atoms with Gasteiger partial charge in [-0.05, 0) is 42.7 Å². The molecule has 0 unspecified atom stereocenters. The third-order valence-corrected chi connectivity index (χ3v) is 6.23. The van der Waals surface area contributed by atoms with Crippen LogP contribution >= 0.6 is 11.6 Å². The number of carbonyl (C=O) groups is 2. The number of sulfonamides is 1. The van der Waals surface area contributed by atoms with Gasteiger partial charge in [0.15, 0.2) is 5.96 Å². The Balaban J connectivity index is 2.12. The second-order valence-electron chi connectivity index (χ2n) is 7.36. The van der Waals surface area contributed by atoms with Crippen molar-refractivity contribution in [1.82, 2.24) is 15.6 Å². The molecule has 0 heterocycles. The number of nitrogens with zero attached hydrogens (tertiary/aromatic N) is 1. The topological polar surface area (TPSA) is 195 Å². The van der Waals surface area contributed by atoms with Crippen LogP contribution in [0.2, 0.25) is 5.02 Å². The first-order chi connectivity index (χ1) is 16.1. The molecule has 0 saturated heterocycles. The molecular weight excluding hydrogens is 482 g/mol. The van der Waals surface area contributed by atoms with Crippen molar-refractivity contribution in [2.75, 3.05) is 6.54 Å². The van der Waals surface area contributed by atoms with E-state index in [0.717, 1.165) is 5.56 Å². The number of hydrazine groups is 1. The number of aliphatic imine (C=N–C) groups is 1. The third-order valence-electron chi connectivity index (χ3n) is 4.70. The van der Waals surface area contributed by atoms with Crippen LogP contribution in [0.4, 0.5) is 0 Å². The van der Waals surface area contributed by atoms with Gasteiger partial charge in [0.25, 0.3) is 10.0 Å². The summed E-state index contributed by atoms with van der Waals surface area (Å²) in [4.78, 5) is 30.9. The Bertz CT molecular complexity index is 1090. The Morgan fingerprint density at radius 3 is 2.21 bits per heavy atom. The lowest BCUT2D eigenvalue weighted by Crippen LogP contribution is -2.56. The molecule has 9 N–H and O–H groups in total. The SMILES string of the molecule is NC(=O)[C@H](Cc1ccccc1)NC(=O)[C@H](CCCN=C(N)N)NNS(=O)(=O)c1ccc(Cl)cc1. The van der Waals surface area contributed by atoms with Crippen LogP contribution in [0, 0.1) is 0 Å². The molecule has 0 spiro atoms. The molecule has 0 saturated carbocycles. The monoisotopic (exact) mass is 509 g/mol.